The molecular formula is C13H20N2O2. The molecule has 4 nitrogen and oxygen atoms in total. The molecule has 1 aromatic carbocycles. The molecule has 4 heteroatoms. The number of hydrogen-bond acceptors (Lipinski definition) is 3. The van der Waals surface area contributed by atoms with E-state index in [0.29, 0.717) is 12.4 Å². The van der Waals surface area contributed by atoms with E-state index in [2.05, 4.69) is 5.32 Å². The van der Waals surface area contributed by atoms with Gasteiger partial charge in [0.05, 0.1) is 6.61 Å². The molecule has 1 aromatic rings. The molecule has 1 atom stereocenters. The van der Waals surface area contributed by atoms with Crippen LogP contribution in [-0.4, -0.2) is 19.1 Å². The molecule has 0 spiro atoms. The molecule has 1 amide bonds. The van der Waals surface area contributed by atoms with Crippen LogP contribution in [0, 0.1) is 0 Å². The molecule has 94 valence electrons. The Bertz CT molecular complexity index is 366. The van der Waals surface area contributed by atoms with Crippen molar-refractivity contribution in [2.24, 2.45) is 5.73 Å². The van der Waals surface area contributed by atoms with Gasteiger partial charge >= 0.3 is 0 Å². The molecule has 17 heavy (non-hydrogen) atoms. The van der Waals surface area contributed by atoms with Gasteiger partial charge in [-0.3, -0.25) is 4.79 Å². The average Bonchev–Trinajstić information content (AvgIpc) is 2.31. The fourth-order valence-electron chi connectivity index (χ4n) is 1.66. The molecule has 0 fully saturated rings. The van der Waals surface area contributed by atoms with E-state index in [0.717, 1.165) is 18.5 Å². The normalized spacial score (nSPS) is 12.1. The van der Waals surface area contributed by atoms with Gasteiger partial charge in [-0.05, 0) is 26.0 Å². The molecule has 0 saturated carbocycles. The van der Waals surface area contributed by atoms with Crippen LogP contribution in [0.1, 0.15) is 31.9 Å². The molecule has 0 bridgehead atoms. The molecule has 0 aliphatic carbocycles. The zero-order chi connectivity index (χ0) is 12.7. The van der Waals surface area contributed by atoms with Crippen LogP contribution < -0.4 is 15.8 Å². The van der Waals surface area contributed by atoms with Crippen molar-refractivity contribution >= 4 is 5.91 Å². The highest BCUT2D eigenvalue weighted by Gasteiger charge is 2.20. The summed E-state index contributed by atoms with van der Waals surface area (Å²) in [6.07, 6.45) is 0.945. The zero-order valence-corrected chi connectivity index (χ0v) is 10.4. The molecule has 0 aliphatic heterocycles. The Hall–Kier alpha value is -1.55. The Kier molecular flexibility index (Phi) is 5.49. The average molecular weight is 236 g/mol. The first kappa shape index (κ1) is 13.5. The summed E-state index contributed by atoms with van der Waals surface area (Å²) < 4.78 is 5.50. The maximum Gasteiger partial charge on any atom is 0.239 e. The maximum atomic E-state index is 11.5. The highest BCUT2D eigenvalue weighted by atomic mass is 16.5. The predicted octanol–water partition coefficient (Wildman–Crippen LogP) is 1.61. The van der Waals surface area contributed by atoms with E-state index < -0.39 is 6.04 Å². The van der Waals surface area contributed by atoms with Crippen LogP contribution in [0.2, 0.25) is 0 Å². The minimum Gasteiger partial charge on any atom is -0.494 e. The van der Waals surface area contributed by atoms with E-state index in [1.807, 2.05) is 38.1 Å². The Morgan fingerprint density at radius 3 is 2.71 bits per heavy atom. The largest absolute Gasteiger partial charge is 0.494 e. The van der Waals surface area contributed by atoms with Crippen LogP contribution in [0.3, 0.4) is 0 Å². The minimum atomic E-state index is -0.488. The van der Waals surface area contributed by atoms with E-state index in [-0.39, 0.29) is 5.91 Å². The number of nitrogens with one attached hydrogen (secondary N) is 1. The topological polar surface area (TPSA) is 64.3 Å². The third-order valence-electron chi connectivity index (χ3n) is 2.41. The molecular weight excluding hydrogens is 216 g/mol. The predicted molar refractivity (Wildman–Crippen MR) is 67.8 cm³/mol. The first-order chi connectivity index (χ1) is 8.20. The van der Waals surface area contributed by atoms with Gasteiger partial charge in [-0.25, -0.2) is 0 Å². The number of carbonyl (C=O) groups is 1. The molecule has 0 heterocycles. The van der Waals surface area contributed by atoms with Crippen molar-refractivity contribution in [2.75, 3.05) is 13.2 Å². The number of hydrogen-bond donors (Lipinski definition) is 2. The van der Waals surface area contributed by atoms with E-state index in [1.165, 1.54) is 0 Å². The van der Waals surface area contributed by atoms with Crippen molar-refractivity contribution in [2.45, 2.75) is 26.3 Å². The van der Waals surface area contributed by atoms with Crippen molar-refractivity contribution < 1.29 is 9.53 Å². The molecule has 1 rings (SSSR count). The van der Waals surface area contributed by atoms with Crippen molar-refractivity contribution in [3.63, 3.8) is 0 Å². The van der Waals surface area contributed by atoms with E-state index in [9.17, 15) is 4.79 Å². The summed E-state index contributed by atoms with van der Waals surface area (Å²) in [5.74, 6) is 0.327. The number of primary amides is 1. The number of amides is 1. The number of para-hydroxylation sites is 1. The smallest absolute Gasteiger partial charge is 0.239 e. The first-order valence-corrected chi connectivity index (χ1v) is 5.95. The molecule has 0 aromatic heterocycles. The number of carbonyl (C=O) groups excluding carboxylic acids is 1. The van der Waals surface area contributed by atoms with Gasteiger partial charge in [0.15, 0.2) is 0 Å². The maximum absolute atomic E-state index is 11.5. The fraction of sp³-hybridized carbons (Fsp3) is 0.462. The van der Waals surface area contributed by atoms with Crippen molar-refractivity contribution in [1.82, 2.24) is 5.32 Å². The van der Waals surface area contributed by atoms with Gasteiger partial charge in [-0.15, -0.1) is 0 Å². The molecule has 0 aliphatic rings. The summed E-state index contributed by atoms with van der Waals surface area (Å²) in [4.78, 5) is 11.5. The Morgan fingerprint density at radius 2 is 2.12 bits per heavy atom. The number of ether oxygens (including phenoxy) is 1. The van der Waals surface area contributed by atoms with Gasteiger partial charge in [0.25, 0.3) is 0 Å². The van der Waals surface area contributed by atoms with Crippen molar-refractivity contribution in [1.29, 1.82) is 0 Å². The van der Waals surface area contributed by atoms with Crippen LogP contribution in [0.5, 0.6) is 5.75 Å². The van der Waals surface area contributed by atoms with Gasteiger partial charge in [0.2, 0.25) is 5.91 Å². The Balaban J connectivity index is 2.95. The minimum absolute atomic E-state index is 0.384. The van der Waals surface area contributed by atoms with E-state index in [1.54, 1.807) is 0 Å². The summed E-state index contributed by atoms with van der Waals surface area (Å²) >= 11 is 0. The summed E-state index contributed by atoms with van der Waals surface area (Å²) in [7, 11) is 0. The molecule has 0 saturated heterocycles. The van der Waals surface area contributed by atoms with Gasteiger partial charge < -0.3 is 15.8 Å². The van der Waals surface area contributed by atoms with Crippen molar-refractivity contribution in [3.05, 3.63) is 29.8 Å². The number of rotatable bonds is 7. The number of nitrogens with two attached hydrogens (primary N) is 1. The van der Waals surface area contributed by atoms with Crippen LogP contribution in [0.15, 0.2) is 24.3 Å². The van der Waals surface area contributed by atoms with Gasteiger partial charge in [-0.2, -0.15) is 0 Å². The third-order valence-corrected chi connectivity index (χ3v) is 2.41. The lowest BCUT2D eigenvalue weighted by Gasteiger charge is -2.18. The summed E-state index contributed by atoms with van der Waals surface area (Å²) in [6, 6.07) is 6.98. The standard InChI is InChI=1S/C13H20N2O2/c1-3-9-15-12(13(14)16)10-7-5-6-8-11(10)17-4-2/h5-8,12,15H,3-4,9H2,1-2H3,(H2,14,16). The van der Waals surface area contributed by atoms with E-state index in [4.69, 9.17) is 10.5 Å². The lowest BCUT2D eigenvalue weighted by molar-refractivity contribution is -0.120. The second-order valence-electron chi connectivity index (χ2n) is 3.76. The molecule has 3 N–H and O–H groups in total. The lowest BCUT2D eigenvalue weighted by Crippen LogP contribution is -2.34. The van der Waals surface area contributed by atoms with E-state index >= 15 is 0 Å². The Morgan fingerprint density at radius 1 is 1.41 bits per heavy atom. The second-order valence-corrected chi connectivity index (χ2v) is 3.76. The lowest BCUT2D eigenvalue weighted by atomic mass is 10.0. The zero-order valence-electron chi connectivity index (χ0n) is 10.4. The highest BCUT2D eigenvalue weighted by Crippen LogP contribution is 2.24. The van der Waals surface area contributed by atoms with Crippen LogP contribution >= 0.6 is 0 Å². The fourth-order valence-corrected chi connectivity index (χ4v) is 1.66. The molecule has 1 unspecified atom stereocenters. The monoisotopic (exact) mass is 236 g/mol. The van der Waals surface area contributed by atoms with Gasteiger partial charge in [-0.1, -0.05) is 25.1 Å². The van der Waals surface area contributed by atoms with Crippen LogP contribution in [-0.2, 0) is 4.79 Å². The third kappa shape index (κ3) is 3.75. The molecule has 0 radical (unpaired) electrons. The summed E-state index contributed by atoms with van der Waals surface area (Å²) in [5.41, 5.74) is 6.22. The van der Waals surface area contributed by atoms with Crippen LogP contribution in [0.25, 0.3) is 0 Å². The summed E-state index contributed by atoms with van der Waals surface area (Å²) in [6.45, 7) is 5.26. The second kappa shape index (κ2) is 6.91. The summed E-state index contributed by atoms with van der Waals surface area (Å²) in [5, 5.41) is 3.13. The quantitative estimate of drug-likeness (QED) is 0.756. The number of benzene rings is 1. The highest BCUT2D eigenvalue weighted by molar-refractivity contribution is 5.82. The van der Waals surface area contributed by atoms with Crippen molar-refractivity contribution in [3.8, 4) is 5.75 Å². The van der Waals surface area contributed by atoms with Crippen LogP contribution in [0.4, 0.5) is 0 Å². The SMILES string of the molecule is CCCNC(C(N)=O)c1ccccc1OCC. The first-order valence-electron chi connectivity index (χ1n) is 5.95. The van der Waals surface area contributed by atoms with Gasteiger partial charge in [0, 0.05) is 5.56 Å². The Labute approximate surface area is 102 Å². The van der Waals surface area contributed by atoms with Gasteiger partial charge in [0.1, 0.15) is 11.8 Å².